The minimum absolute atomic E-state index is 0.158. The third-order valence-electron chi connectivity index (χ3n) is 1.82. The Labute approximate surface area is 80.4 Å². The first kappa shape index (κ1) is 12.2. The molecule has 0 unspecified atom stereocenters. The summed E-state index contributed by atoms with van der Waals surface area (Å²) < 4.78 is 0. The molecule has 3 heteroatoms. The van der Waals surface area contributed by atoms with E-state index in [1.807, 2.05) is 20.8 Å². The van der Waals surface area contributed by atoms with Crippen molar-refractivity contribution in [2.45, 2.75) is 20.8 Å². The van der Waals surface area contributed by atoms with Gasteiger partial charge in [-0.05, 0) is 16.5 Å². The van der Waals surface area contributed by atoms with Gasteiger partial charge in [0.25, 0.3) is 0 Å². The van der Waals surface area contributed by atoms with Gasteiger partial charge < -0.3 is 10.0 Å². The highest BCUT2D eigenvalue weighted by Gasteiger charge is 2.23. The highest BCUT2D eigenvalue weighted by Crippen LogP contribution is 2.29. The minimum atomic E-state index is -1.48. The van der Waals surface area contributed by atoms with Crippen molar-refractivity contribution in [1.29, 1.82) is 0 Å². The summed E-state index contributed by atoms with van der Waals surface area (Å²) in [5.41, 5.74) is 1.06. The Morgan fingerprint density at radius 1 is 1.15 bits per heavy atom. The maximum absolute atomic E-state index is 9.06. The van der Waals surface area contributed by atoms with Gasteiger partial charge in [0.2, 0.25) is 0 Å². The Morgan fingerprint density at radius 2 is 1.62 bits per heavy atom. The van der Waals surface area contributed by atoms with Crippen molar-refractivity contribution in [3.8, 4) is 0 Å². The molecule has 0 rings (SSSR count). The van der Waals surface area contributed by atoms with Crippen molar-refractivity contribution >= 4 is 7.12 Å². The summed E-state index contributed by atoms with van der Waals surface area (Å²) in [5.74, 6) is 0. The molecule has 0 aliphatic heterocycles. The number of hydrogen-bond donors (Lipinski definition) is 2. The summed E-state index contributed by atoms with van der Waals surface area (Å²) in [5, 5.41) is 18.1. The van der Waals surface area contributed by atoms with Gasteiger partial charge in [-0.3, -0.25) is 0 Å². The molecule has 0 spiro atoms. The average molecular weight is 180 g/mol. The lowest BCUT2D eigenvalue weighted by atomic mass is 9.70. The molecule has 2 nitrogen and oxygen atoms in total. The van der Waals surface area contributed by atoms with Gasteiger partial charge in [-0.15, -0.1) is 0 Å². The van der Waals surface area contributed by atoms with Gasteiger partial charge in [0.15, 0.2) is 0 Å². The van der Waals surface area contributed by atoms with Crippen molar-refractivity contribution < 1.29 is 10.0 Å². The normalized spacial score (nSPS) is 13.3. The van der Waals surface area contributed by atoms with Crippen LogP contribution in [0.1, 0.15) is 20.8 Å². The first-order valence-electron chi connectivity index (χ1n) is 4.20. The van der Waals surface area contributed by atoms with Gasteiger partial charge in [0, 0.05) is 0 Å². The number of hydrogen-bond acceptors (Lipinski definition) is 2. The van der Waals surface area contributed by atoms with E-state index in [1.54, 1.807) is 6.08 Å². The quantitative estimate of drug-likeness (QED) is 0.512. The van der Waals surface area contributed by atoms with Crippen molar-refractivity contribution in [3.05, 3.63) is 36.4 Å². The maximum Gasteiger partial charge on any atom is 0.488 e. The third kappa shape index (κ3) is 3.21. The predicted octanol–water partition coefficient (Wildman–Crippen LogP) is 1.71. The van der Waals surface area contributed by atoms with E-state index in [9.17, 15) is 0 Å². The molecule has 0 saturated carbocycles. The van der Waals surface area contributed by atoms with E-state index in [2.05, 4.69) is 13.2 Å². The lowest BCUT2D eigenvalue weighted by Crippen LogP contribution is -2.20. The highest BCUT2D eigenvalue weighted by molar-refractivity contribution is 6.52. The van der Waals surface area contributed by atoms with Crippen LogP contribution in [0.25, 0.3) is 0 Å². The van der Waals surface area contributed by atoms with Gasteiger partial charge >= 0.3 is 7.12 Å². The first-order chi connectivity index (χ1) is 5.84. The lowest BCUT2D eigenvalue weighted by molar-refractivity contribution is 0.416. The van der Waals surface area contributed by atoms with Crippen LogP contribution in [0.3, 0.4) is 0 Å². The molecule has 0 heterocycles. The zero-order valence-corrected chi connectivity index (χ0v) is 8.54. The highest BCUT2D eigenvalue weighted by atomic mass is 16.4. The van der Waals surface area contributed by atoms with Crippen LogP contribution in [-0.4, -0.2) is 17.2 Å². The van der Waals surface area contributed by atoms with E-state index in [4.69, 9.17) is 10.0 Å². The molecular formula is C10H17BO2. The van der Waals surface area contributed by atoms with Crippen LogP contribution in [0.4, 0.5) is 0 Å². The average Bonchev–Trinajstić information content (AvgIpc) is 1.96. The van der Waals surface area contributed by atoms with Crippen LogP contribution in [0.5, 0.6) is 0 Å². The molecular weight excluding hydrogens is 163 g/mol. The Bertz CT molecular complexity index is 234. The molecule has 0 aliphatic carbocycles. The van der Waals surface area contributed by atoms with Crippen molar-refractivity contribution in [2.24, 2.45) is 5.41 Å². The first-order valence-corrected chi connectivity index (χ1v) is 4.20. The summed E-state index contributed by atoms with van der Waals surface area (Å²) in [4.78, 5) is 0. The number of rotatable bonds is 3. The molecule has 0 saturated heterocycles. The summed E-state index contributed by atoms with van der Waals surface area (Å²) >= 11 is 0. The van der Waals surface area contributed by atoms with E-state index >= 15 is 0 Å². The SMILES string of the molecule is C=C/C(B(O)O)=C(\C=C)C(C)(C)C. The molecule has 0 fully saturated rings. The molecule has 0 amide bonds. The summed E-state index contributed by atoms with van der Waals surface area (Å²) in [6, 6.07) is 0. The smallest absolute Gasteiger partial charge is 0.423 e. The molecule has 0 radical (unpaired) electrons. The zero-order valence-electron chi connectivity index (χ0n) is 8.54. The van der Waals surface area contributed by atoms with Gasteiger partial charge in [-0.25, -0.2) is 0 Å². The monoisotopic (exact) mass is 180 g/mol. The van der Waals surface area contributed by atoms with Gasteiger partial charge in [-0.2, -0.15) is 0 Å². The van der Waals surface area contributed by atoms with Crippen molar-refractivity contribution in [3.63, 3.8) is 0 Å². The van der Waals surface area contributed by atoms with Crippen molar-refractivity contribution in [2.75, 3.05) is 0 Å². The fourth-order valence-electron chi connectivity index (χ4n) is 1.21. The van der Waals surface area contributed by atoms with Crippen molar-refractivity contribution in [1.82, 2.24) is 0 Å². The second-order valence-corrected chi connectivity index (χ2v) is 3.90. The fraction of sp³-hybridized carbons (Fsp3) is 0.400. The molecule has 0 aliphatic rings. The van der Waals surface area contributed by atoms with E-state index in [0.717, 1.165) is 5.57 Å². The third-order valence-corrected chi connectivity index (χ3v) is 1.82. The molecule has 0 aromatic rings. The van der Waals surface area contributed by atoms with Crippen LogP contribution in [0.2, 0.25) is 0 Å². The lowest BCUT2D eigenvalue weighted by Gasteiger charge is -2.23. The molecule has 0 aromatic carbocycles. The molecule has 72 valence electrons. The minimum Gasteiger partial charge on any atom is -0.423 e. The fourth-order valence-corrected chi connectivity index (χ4v) is 1.21. The summed E-state index contributed by atoms with van der Waals surface area (Å²) in [6.45, 7) is 13.1. The second kappa shape index (κ2) is 4.44. The van der Waals surface area contributed by atoms with Gasteiger partial charge in [-0.1, -0.05) is 46.1 Å². The maximum atomic E-state index is 9.06. The molecule has 2 N–H and O–H groups in total. The topological polar surface area (TPSA) is 40.5 Å². The standard InChI is InChI=1S/C10H17BO2/c1-6-8(10(3,4)5)9(7-2)11(12)13/h6-7,12-13H,1-2H2,3-5H3/b9-8-. The van der Waals surface area contributed by atoms with Crippen LogP contribution >= 0.6 is 0 Å². The molecule has 13 heavy (non-hydrogen) atoms. The van der Waals surface area contributed by atoms with Crippen LogP contribution in [-0.2, 0) is 0 Å². The van der Waals surface area contributed by atoms with Crippen LogP contribution < -0.4 is 0 Å². The van der Waals surface area contributed by atoms with E-state index in [-0.39, 0.29) is 5.41 Å². The van der Waals surface area contributed by atoms with E-state index in [1.165, 1.54) is 6.08 Å². The van der Waals surface area contributed by atoms with E-state index < -0.39 is 7.12 Å². The van der Waals surface area contributed by atoms with Gasteiger partial charge in [0.05, 0.1) is 0 Å². The van der Waals surface area contributed by atoms with Crippen LogP contribution in [0.15, 0.2) is 36.4 Å². The van der Waals surface area contributed by atoms with Gasteiger partial charge in [0.1, 0.15) is 0 Å². The van der Waals surface area contributed by atoms with Crippen LogP contribution in [0, 0.1) is 5.41 Å². The predicted molar refractivity (Wildman–Crippen MR) is 57.1 cm³/mol. The summed E-state index contributed by atoms with van der Waals surface area (Å²) in [6.07, 6.45) is 3.09. The molecule has 0 atom stereocenters. The Balaban J connectivity index is 5.31. The molecule has 0 bridgehead atoms. The Kier molecular flexibility index (Phi) is 4.17. The largest absolute Gasteiger partial charge is 0.488 e. The second-order valence-electron chi connectivity index (χ2n) is 3.90. The Morgan fingerprint density at radius 3 is 1.69 bits per heavy atom. The molecule has 0 aromatic heterocycles. The Hall–Kier alpha value is -0.795. The number of allylic oxidation sites excluding steroid dienone is 4. The summed E-state index contributed by atoms with van der Waals surface area (Å²) in [7, 11) is -1.48. The van der Waals surface area contributed by atoms with E-state index in [0.29, 0.717) is 5.47 Å². The zero-order chi connectivity index (χ0) is 10.6.